The van der Waals surface area contributed by atoms with E-state index in [1.54, 1.807) is 11.9 Å². The maximum atomic E-state index is 11.3. The van der Waals surface area contributed by atoms with Crippen molar-refractivity contribution in [2.24, 2.45) is 5.92 Å². The van der Waals surface area contributed by atoms with Gasteiger partial charge in [0.05, 0.1) is 6.61 Å². The lowest BCUT2D eigenvalue weighted by molar-refractivity contribution is 0.0792. The molecular weight excluding hydrogens is 170 g/mol. The van der Waals surface area contributed by atoms with Gasteiger partial charge in [0, 0.05) is 13.1 Å². The number of rotatable bonds is 4. The number of carbonyl (C=O) groups excluding carboxylic acids is 1. The molecule has 1 aliphatic rings. The molecule has 0 spiro atoms. The van der Waals surface area contributed by atoms with Gasteiger partial charge >= 0.3 is 6.09 Å². The summed E-state index contributed by atoms with van der Waals surface area (Å²) in [5.41, 5.74) is 0. The molecule has 13 heavy (non-hydrogen) atoms. The van der Waals surface area contributed by atoms with Crippen molar-refractivity contribution in [3.63, 3.8) is 0 Å². The number of nitrogens with zero attached hydrogens (tertiary/aromatic N) is 1. The van der Waals surface area contributed by atoms with Gasteiger partial charge in [-0.2, -0.15) is 0 Å². The predicted octanol–water partition coefficient (Wildman–Crippen LogP) is 0.846. The van der Waals surface area contributed by atoms with Crippen LogP contribution in [0.15, 0.2) is 0 Å². The smallest absolute Gasteiger partial charge is 0.409 e. The van der Waals surface area contributed by atoms with E-state index in [4.69, 9.17) is 9.84 Å². The monoisotopic (exact) mass is 187 g/mol. The lowest BCUT2D eigenvalue weighted by atomic mass is 10.2. The summed E-state index contributed by atoms with van der Waals surface area (Å²) in [6.45, 7) is 2.00. The van der Waals surface area contributed by atoms with E-state index >= 15 is 0 Å². The van der Waals surface area contributed by atoms with Crippen molar-refractivity contribution in [2.45, 2.75) is 25.8 Å². The minimum absolute atomic E-state index is 0.0839. The van der Waals surface area contributed by atoms with E-state index in [9.17, 15) is 4.79 Å². The number of ether oxygens (including phenoxy) is 1. The number of amides is 1. The van der Waals surface area contributed by atoms with Gasteiger partial charge in [0.1, 0.15) is 6.61 Å². The molecule has 76 valence electrons. The Morgan fingerprint density at radius 2 is 2.31 bits per heavy atom. The van der Waals surface area contributed by atoms with Crippen LogP contribution in [0.1, 0.15) is 19.8 Å². The van der Waals surface area contributed by atoms with E-state index in [1.165, 1.54) is 12.8 Å². The number of carbonyl (C=O) groups is 1. The van der Waals surface area contributed by atoms with E-state index in [-0.39, 0.29) is 25.3 Å². The highest BCUT2D eigenvalue weighted by Gasteiger charge is 2.32. The third-order valence-electron chi connectivity index (χ3n) is 2.52. The lowest BCUT2D eigenvalue weighted by Crippen LogP contribution is -2.37. The highest BCUT2D eigenvalue weighted by atomic mass is 16.6. The molecule has 1 rings (SSSR count). The van der Waals surface area contributed by atoms with Gasteiger partial charge in [0.2, 0.25) is 0 Å². The number of aliphatic hydroxyl groups excluding tert-OH is 1. The summed E-state index contributed by atoms with van der Waals surface area (Å²) < 4.78 is 4.79. The van der Waals surface area contributed by atoms with Gasteiger partial charge in [0.25, 0.3) is 0 Å². The van der Waals surface area contributed by atoms with Crippen LogP contribution in [-0.2, 0) is 4.74 Å². The molecule has 0 heterocycles. The molecular formula is C9H17NO3. The molecule has 1 fully saturated rings. The molecule has 1 N–H and O–H groups in total. The summed E-state index contributed by atoms with van der Waals surface area (Å²) in [6.07, 6.45) is 2.07. The van der Waals surface area contributed by atoms with Crippen molar-refractivity contribution in [1.29, 1.82) is 0 Å². The van der Waals surface area contributed by atoms with Crippen LogP contribution in [0.4, 0.5) is 4.79 Å². The average molecular weight is 187 g/mol. The second-order valence-corrected chi connectivity index (χ2v) is 3.53. The van der Waals surface area contributed by atoms with E-state index in [0.29, 0.717) is 5.92 Å². The Morgan fingerprint density at radius 1 is 1.69 bits per heavy atom. The summed E-state index contributed by atoms with van der Waals surface area (Å²) in [5, 5.41) is 8.46. The highest BCUT2D eigenvalue weighted by molar-refractivity contribution is 5.67. The summed E-state index contributed by atoms with van der Waals surface area (Å²) in [5.74, 6) is 0.645. The van der Waals surface area contributed by atoms with Crippen LogP contribution >= 0.6 is 0 Å². The fourth-order valence-electron chi connectivity index (χ4n) is 1.30. The molecule has 0 aliphatic heterocycles. The third kappa shape index (κ3) is 2.88. The fraction of sp³-hybridized carbons (Fsp3) is 0.889. The Bertz CT molecular complexity index is 180. The Balaban J connectivity index is 2.27. The normalized spacial score (nSPS) is 18.1. The van der Waals surface area contributed by atoms with E-state index in [1.807, 2.05) is 6.92 Å². The molecule has 0 aromatic carbocycles. The van der Waals surface area contributed by atoms with E-state index in [2.05, 4.69) is 0 Å². The molecule has 1 unspecified atom stereocenters. The first kappa shape index (κ1) is 10.3. The average Bonchev–Trinajstić information content (AvgIpc) is 2.94. The van der Waals surface area contributed by atoms with E-state index < -0.39 is 0 Å². The van der Waals surface area contributed by atoms with Crippen molar-refractivity contribution in [3.8, 4) is 0 Å². The zero-order chi connectivity index (χ0) is 9.84. The number of hydrogen-bond donors (Lipinski definition) is 1. The van der Waals surface area contributed by atoms with Gasteiger partial charge in [-0.25, -0.2) is 4.79 Å². The van der Waals surface area contributed by atoms with Crippen LogP contribution in [0, 0.1) is 5.92 Å². The molecule has 1 saturated carbocycles. The molecule has 0 bridgehead atoms. The van der Waals surface area contributed by atoms with Crippen LogP contribution in [0.25, 0.3) is 0 Å². The molecule has 1 aliphatic carbocycles. The zero-order valence-electron chi connectivity index (χ0n) is 8.19. The number of hydrogen-bond acceptors (Lipinski definition) is 3. The van der Waals surface area contributed by atoms with E-state index in [0.717, 1.165) is 0 Å². The van der Waals surface area contributed by atoms with Gasteiger partial charge < -0.3 is 14.7 Å². The first-order valence-electron chi connectivity index (χ1n) is 4.67. The van der Waals surface area contributed by atoms with Crippen LogP contribution in [0.5, 0.6) is 0 Å². The van der Waals surface area contributed by atoms with Crippen LogP contribution < -0.4 is 0 Å². The van der Waals surface area contributed by atoms with Gasteiger partial charge in [-0.3, -0.25) is 0 Å². The summed E-state index contributed by atoms with van der Waals surface area (Å²) >= 11 is 0. The highest BCUT2D eigenvalue weighted by Crippen LogP contribution is 2.34. The van der Waals surface area contributed by atoms with Crippen LogP contribution in [0.3, 0.4) is 0 Å². The summed E-state index contributed by atoms with van der Waals surface area (Å²) in [7, 11) is 1.74. The molecule has 0 aromatic heterocycles. The minimum Gasteiger partial charge on any atom is -0.447 e. The van der Waals surface area contributed by atoms with Crippen molar-refractivity contribution >= 4 is 6.09 Å². The topological polar surface area (TPSA) is 49.8 Å². The Morgan fingerprint density at radius 3 is 2.77 bits per heavy atom. The molecule has 4 heteroatoms. The fourth-order valence-corrected chi connectivity index (χ4v) is 1.30. The van der Waals surface area contributed by atoms with Gasteiger partial charge in [0.15, 0.2) is 0 Å². The summed E-state index contributed by atoms with van der Waals surface area (Å²) in [4.78, 5) is 12.9. The molecule has 0 radical (unpaired) electrons. The predicted molar refractivity (Wildman–Crippen MR) is 48.4 cm³/mol. The second-order valence-electron chi connectivity index (χ2n) is 3.53. The largest absolute Gasteiger partial charge is 0.447 e. The molecule has 4 nitrogen and oxygen atoms in total. The molecule has 1 atom stereocenters. The van der Waals surface area contributed by atoms with Gasteiger partial charge in [-0.1, -0.05) is 0 Å². The second kappa shape index (κ2) is 4.46. The Hall–Kier alpha value is -0.770. The van der Waals surface area contributed by atoms with Crippen molar-refractivity contribution in [1.82, 2.24) is 4.90 Å². The maximum Gasteiger partial charge on any atom is 0.409 e. The van der Waals surface area contributed by atoms with Crippen molar-refractivity contribution in [3.05, 3.63) is 0 Å². The van der Waals surface area contributed by atoms with Crippen molar-refractivity contribution < 1.29 is 14.6 Å². The van der Waals surface area contributed by atoms with Crippen LogP contribution in [-0.4, -0.2) is 42.4 Å². The summed E-state index contributed by atoms with van der Waals surface area (Å²) in [6, 6.07) is 0.256. The maximum absolute atomic E-state index is 11.3. The van der Waals surface area contributed by atoms with Crippen molar-refractivity contribution in [2.75, 3.05) is 20.3 Å². The van der Waals surface area contributed by atoms with Gasteiger partial charge in [-0.15, -0.1) is 0 Å². The zero-order valence-corrected chi connectivity index (χ0v) is 8.19. The van der Waals surface area contributed by atoms with Crippen LogP contribution in [0.2, 0.25) is 0 Å². The SMILES string of the molecule is CC(C1CC1)N(C)C(=O)OCCO. The first-order valence-corrected chi connectivity index (χ1v) is 4.67. The quantitative estimate of drug-likeness (QED) is 0.709. The number of aliphatic hydroxyl groups is 1. The standard InChI is InChI=1S/C9H17NO3/c1-7(8-3-4-8)10(2)9(12)13-6-5-11/h7-8,11H,3-6H2,1-2H3. The minimum atomic E-state index is -0.339. The third-order valence-corrected chi connectivity index (χ3v) is 2.52. The first-order chi connectivity index (χ1) is 6.16. The molecule has 0 aromatic rings. The Kier molecular flexibility index (Phi) is 3.54. The molecule has 1 amide bonds. The van der Waals surface area contributed by atoms with Gasteiger partial charge in [-0.05, 0) is 25.7 Å². The molecule has 0 saturated heterocycles. The lowest BCUT2D eigenvalue weighted by Gasteiger charge is -2.23. The Labute approximate surface area is 78.5 Å².